The van der Waals surface area contributed by atoms with Crippen molar-refractivity contribution in [3.63, 3.8) is 0 Å². The van der Waals surface area contributed by atoms with Crippen LogP contribution in [-0.4, -0.2) is 63.6 Å². The zero-order valence-corrected chi connectivity index (χ0v) is 19.6. The predicted molar refractivity (Wildman–Crippen MR) is 119 cm³/mol. The quantitative estimate of drug-likeness (QED) is 0.417. The third-order valence-electron chi connectivity index (χ3n) is 5.73. The standard InChI is InChI=1S/C23H23F5N6O3/c1-13-21(17(37-33-13)6-16-8-30-18(9-29-16)23(26,27)28)22(35)32-15-2-3-20(31-7-15)36-12-14-4-5-34(10-14)11-19(24)25/h2-3,7-9,14,19H,4-6,10-12H2,1H3,(H,32,35)/t14-/m0/s1. The van der Waals surface area contributed by atoms with Crippen LogP contribution in [-0.2, 0) is 12.6 Å². The summed E-state index contributed by atoms with van der Waals surface area (Å²) in [6.45, 7) is 2.80. The van der Waals surface area contributed by atoms with E-state index in [2.05, 4.69) is 25.4 Å². The molecular weight excluding hydrogens is 503 g/mol. The van der Waals surface area contributed by atoms with Gasteiger partial charge >= 0.3 is 6.18 Å². The Bertz CT molecular complexity index is 1200. The number of carbonyl (C=O) groups is 1. The van der Waals surface area contributed by atoms with Crippen LogP contribution in [0.25, 0.3) is 0 Å². The number of likely N-dealkylation sites (tertiary alicyclic amines) is 1. The van der Waals surface area contributed by atoms with Gasteiger partial charge in [0.25, 0.3) is 12.3 Å². The zero-order chi connectivity index (χ0) is 26.6. The highest BCUT2D eigenvalue weighted by Crippen LogP contribution is 2.27. The number of nitrogens with one attached hydrogen (secondary N) is 1. The van der Waals surface area contributed by atoms with Crippen LogP contribution in [0.2, 0.25) is 0 Å². The van der Waals surface area contributed by atoms with Gasteiger partial charge in [0.1, 0.15) is 5.56 Å². The average molecular weight is 526 g/mol. The molecule has 0 unspecified atom stereocenters. The molecule has 198 valence electrons. The van der Waals surface area contributed by atoms with Crippen molar-refractivity contribution in [2.75, 3.05) is 31.6 Å². The van der Waals surface area contributed by atoms with Crippen molar-refractivity contribution in [2.24, 2.45) is 5.92 Å². The van der Waals surface area contributed by atoms with Gasteiger partial charge in [0.2, 0.25) is 5.88 Å². The largest absolute Gasteiger partial charge is 0.477 e. The molecule has 0 aliphatic carbocycles. The Morgan fingerprint density at radius 1 is 1.22 bits per heavy atom. The van der Waals surface area contributed by atoms with Crippen molar-refractivity contribution in [3.8, 4) is 5.88 Å². The van der Waals surface area contributed by atoms with Crippen LogP contribution in [0.4, 0.5) is 27.6 Å². The normalized spacial score (nSPS) is 16.4. The van der Waals surface area contributed by atoms with Crippen molar-refractivity contribution < 1.29 is 36.0 Å². The minimum Gasteiger partial charge on any atom is -0.477 e. The lowest BCUT2D eigenvalue weighted by atomic mass is 10.1. The number of alkyl halides is 5. The van der Waals surface area contributed by atoms with Crippen LogP contribution < -0.4 is 10.1 Å². The van der Waals surface area contributed by atoms with Crippen molar-refractivity contribution in [1.82, 2.24) is 25.0 Å². The van der Waals surface area contributed by atoms with E-state index in [4.69, 9.17) is 9.26 Å². The second-order valence-corrected chi connectivity index (χ2v) is 8.59. The van der Waals surface area contributed by atoms with Crippen molar-refractivity contribution in [2.45, 2.75) is 32.4 Å². The summed E-state index contributed by atoms with van der Waals surface area (Å²) in [6, 6.07) is 3.16. The average Bonchev–Trinajstić information content (AvgIpc) is 3.43. The molecule has 0 radical (unpaired) electrons. The SMILES string of the molecule is Cc1noc(Cc2cnc(C(F)(F)F)cn2)c1C(=O)Nc1ccc(OC[C@H]2CCN(CC(F)F)C2)nc1. The lowest BCUT2D eigenvalue weighted by molar-refractivity contribution is -0.141. The third kappa shape index (κ3) is 6.96. The number of pyridine rings is 1. The molecule has 3 aromatic heterocycles. The summed E-state index contributed by atoms with van der Waals surface area (Å²) in [6.07, 6.45) is -3.32. The van der Waals surface area contributed by atoms with E-state index in [0.717, 1.165) is 12.6 Å². The molecule has 1 atom stereocenters. The number of amides is 1. The smallest absolute Gasteiger partial charge is 0.434 e. The fraction of sp³-hybridized carbons (Fsp3) is 0.435. The van der Waals surface area contributed by atoms with Crippen LogP contribution in [0, 0.1) is 12.8 Å². The number of carbonyl (C=O) groups excluding carboxylic acids is 1. The van der Waals surface area contributed by atoms with E-state index < -0.39 is 24.2 Å². The number of rotatable bonds is 9. The maximum Gasteiger partial charge on any atom is 0.434 e. The minimum atomic E-state index is -4.61. The first-order valence-corrected chi connectivity index (χ1v) is 11.3. The maximum absolute atomic E-state index is 12.9. The van der Waals surface area contributed by atoms with Crippen molar-refractivity contribution >= 4 is 11.6 Å². The van der Waals surface area contributed by atoms with Gasteiger partial charge in [0, 0.05) is 24.7 Å². The molecule has 0 bridgehead atoms. The van der Waals surface area contributed by atoms with Gasteiger partial charge in [0.15, 0.2) is 11.5 Å². The molecule has 4 rings (SSSR count). The van der Waals surface area contributed by atoms with E-state index in [0.29, 0.717) is 37.5 Å². The molecule has 1 saturated heterocycles. The molecule has 1 fully saturated rings. The van der Waals surface area contributed by atoms with Crippen LogP contribution in [0.15, 0.2) is 35.2 Å². The number of aromatic nitrogens is 4. The summed E-state index contributed by atoms with van der Waals surface area (Å²) in [4.78, 5) is 25.8. The van der Waals surface area contributed by atoms with Gasteiger partial charge < -0.3 is 14.6 Å². The van der Waals surface area contributed by atoms with E-state index in [1.165, 1.54) is 6.20 Å². The van der Waals surface area contributed by atoms with E-state index >= 15 is 0 Å². The molecule has 0 aromatic carbocycles. The molecule has 1 N–H and O–H groups in total. The Kier molecular flexibility index (Phi) is 7.95. The fourth-order valence-corrected chi connectivity index (χ4v) is 3.93. The van der Waals surface area contributed by atoms with Crippen LogP contribution in [0.1, 0.15) is 39.6 Å². The Morgan fingerprint density at radius 2 is 2.03 bits per heavy atom. The summed E-state index contributed by atoms with van der Waals surface area (Å²) in [7, 11) is 0. The first-order chi connectivity index (χ1) is 17.6. The third-order valence-corrected chi connectivity index (χ3v) is 5.73. The Balaban J connectivity index is 1.33. The highest BCUT2D eigenvalue weighted by molar-refractivity contribution is 6.05. The monoisotopic (exact) mass is 526 g/mol. The molecule has 1 aliphatic rings. The topological polar surface area (TPSA) is 106 Å². The number of ether oxygens (including phenoxy) is 1. The highest BCUT2D eigenvalue weighted by atomic mass is 19.4. The molecule has 9 nitrogen and oxygen atoms in total. The van der Waals surface area contributed by atoms with Gasteiger partial charge in [-0.15, -0.1) is 0 Å². The Morgan fingerprint density at radius 3 is 2.68 bits per heavy atom. The molecule has 1 aliphatic heterocycles. The molecular formula is C23H23F5N6O3. The maximum atomic E-state index is 12.9. The molecule has 14 heteroatoms. The van der Waals surface area contributed by atoms with E-state index in [9.17, 15) is 26.7 Å². The number of anilines is 1. The first-order valence-electron chi connectivity index (χ1n) is 11.3. The molecule has 1 amide bonds. The van der Waals surface area contributed by atoms with E-state index in [-0.39, 0.29) is 41.6 Å². The molecule has 0 saturated carbocycles. The Hall–Kier alpha value is -3.68. The van der Waals surface area contributed by atoms with Crippen LogP contribution in [0.5, 0.6) is 5.88 Å². The molecule has 4 heterocycles. The minimum absolute atomic E-state index is 0.0876. The summed E-state index contributed by atoms with van der Waals surface area (Å²) in [5.74, 6) is 0.0286. The highest BCUT2D eigenvalue weighted by Gasteiger charge is 2.33. The summed E-state index contributed by atoms with van der Waals surface area (Å²) < 4.78 is 74.0. The van der Waals surface area contributed by atoms with Gasteiger partial charge in [-0.3, -0.25) is 14.7 Å². The van der Waals surface area contributed by atoms with Gasteiger partial charge in [-0.25, -0.2) is 18.7 Å². The number of nitrogens with zero attached hydrogens (tertiary/aromatic N) is 5. The summed E-state index contributed by atoms with van der Waals surface area (Å²) in [5.41, 5.74) is -0.183. The van der Waals surface area contributed by atoms with E-state index in [1.54, 1.807) is 24.0 Å². The second-order valence-electron chi connectivity index (χ2n) is 8.59. The molecule has 37 heavy (non-hydrogen) atoms. The van der Waals surface area contributed by atoms with Crippen LogP contribution in [0.3, 0.4) is 0 Å². The first kappa shape index (κ1) is 26.4. The number of aryl methyl sites for hydroxylation is 1. The predicted octanol–water partition coefficient (Wildman–Crippen LogP) is 4.00. The van der Waals surface area contributed by atoms with Crippen molar-refractivity contribution in [1.29, 1.82) is 0 Å². The van der Waals surface area contributed by atoms with Gasteiger partial charge in [-0.05, 0) is 26.0 Å². The van der Waals surface area contributed by atoms with Crippen molar-refractivity contribution in [3.05, 3.63) is 59.1 Å². The zero-order valence-electron chi connectivity index (χ0n) is 19.6. The van der Waals surface area contributed by atoms with Gasteiger partial charge in [-0.2, -0.15) is 13.2 Å². The van der Waals surface area contributed by atoms with Crippen LogP contribution >= 0.6 is 0 Å². The van der Waals surface area contributed by atoms with Gasteiger partial charge in [-0.1, -0.05) is 5.16 Å². The summed E-state index contributed by atoms with van der Waals surface area (Å²) >= 11 is 0. The lowest BCUT2D eigenvalue weighted by Crippen LogP contribution is -2.27. The summed E-state index contributed by atoms with van der Waals surface area (Å²) in [5, 5.41) is 6.45. The second kappa shape index (κ2) is 11.2. The Labute approximate surface area is 208 Å². The van der Waals surface area contributed by atoms with E-state index in [1.807, 2.05) is 0 Å². The lowest BCUT2D eigenvalue weighted by Gasteiger charge is -2.15. The van der Waals surface area contributed by atoms with Gasteiger partial charge in [0.05, 0.1) is 49.0 Å². The molecule has 3 aromatic rings. The number of hydrogen-bond acceptors (Lipinski definition) is 8. The number of halogens is 5. The molecule has 0 spiro atoms. The fourth-order valence-electron chi connectivity index (χ4n) is 3.93. The number of hydrogen-bond donors (Lipinski definition) is 1.